The standard InChI is InChI=1S/C11H7Cl2NO2S2/c12-6-1-2-8(13)9(3-6)17-4-7-5-18-10(14-7)11(15)16/h1-3,5H,4H2,(H,15,16). The predicted molar refractivity (Wildman–Crippen MR) is 75.1 cm³/mol. The van der Waals surface area contributed by atoms with E-state index in [-0.39, 0.29) is 5.01 Å². The number of carboxylic acid groups (broad SMARTS) is 1. The van der Waals surface area contributed by atoms with Crippen LogP contribution in [0.1, 0.15) is 15.5 Å². The lowest BCUT2D eigenvalue weighted by molar-refractivity contribution is 0.0696. The van der Waals surface area contributed by atoms with E-state index < -0.39 is 5.97 Å². The zero-order valence-electron chi connectivity index (χ0n) is 8.89. The minimum absolute atomic E-state index is 0.0998. The zero-order valence-corrected chi connectivity index (χ0v) is 12.0. The first-order valence-corrected chi connectivity index (χ1v) is 7.44. The van der Waals surface area contributed by atoms with Crippen molar-refractivity contribution in [3.05, 3.63) is 44.3 Å². The Morgan fingerprint density at radius 1 is 1.44 bits per heavy atom. The second-order valence-electron chi connectivity index (χ2n) is 3.31. The third kappa shape index (κ3) is 3.38. The molecule has 1 heterocycles. The van der Waals surface area contributed by atoms with E-state index in [4.69, 9.17) is 28.3 Å². The van der Waals surface area contributed by atoms with Crippen molar-refractivity contribution in [1.29, 1.82) is 0 Å². The summed E-state index contributed by atoms with van der Waals surface area (Å²) in [5.74, 6) is -0.443. The van der Waals surface area contributed by atoms with Gasteiger partial charge in [0.2, 0.25) is 5.01 Å². The van der Waals surface area contributed by atoms with Crippen LogP contribution < -0.4 is 0 Å². The Bertz CT molecular complexity index is 586. The summed E-state index contributed by atoms with van der Waals surface area (Å²) in [7, 11) is 0. The van der Waals surface area contributed by atoms with E-state index in [1.165, 1.54) is 11.8 Å². The average Bonchev–Trinajstić information content (AvgIpc) is 2.79. The molecule has 94 valence electrons. The van der Waals surface area contributed by atoms with Gasteiger partial charge in [-0.05, 0) is 18.2 Å². The van der Waals surface area contributed by atoms with E-state index in [0.717, 1.165) is 21.9 Å². The minimum atomic E-state index is -1.00. The fourth-order valence-electron chi connectivity index (χ4n) is 1.21. The zero-order chi connectivity index (χ0) is 13.1. The summed E-state index contributed by atoms with van der Waals surface area (Å²) in [6.07, 6.45) is 0. The largest absolute Gasteiger partial charge is 0.476 e. The molecule has 0 radical (unpaired) electrons. The van der Waals surface area contributed by atoms with E-state index in [1.54, 1.807) is 23.6 Å². The molecule has 0 aliphatic carbocycles. The molecule has 0 spiro atoms. The molecule has 0 atom stereocenters. The summed E-state index contributed by atoms with van der Waals surface area (Å²) in [4.78, 5) is 15.5. The van der Waals surface area contributed by atoms with Crippen LogP contribution >= 0.6 is 46.3 Å². The summed E-state index contributed by atoms with van der Waals surface area (Å²) in [6.45, 7) is 0. The van der Waals surface area contributed by atoms with Crippen molar-refractivity contribution in [3.8, 4) is 0 Å². The second-order valence-corrected chi connectivity index (χ2v) is 6.03. The molecule has 3 nitrogen and oxygen atoms in total. The summed E-state index contributed by atoms with van der Waals surface area (Å²) >= 11 is 14.5. The van der Waals surface area contributed by atoms with Crippen molar-refractivity contribution in [3.63, 3.8) is 0 Å². The van der Waals surface area contributed by atoms with E-state index in [2.05, 4.69) is 4.98 Å². The highest BCUT2D eigenvalue weighted by atomic mass is 35.5. The molecule has 7 heteroatoms. The number of aromatic nitrogens is 1. The van der Waals surface area contributed by atoms with Crippen molar-refractivity contribution in [2.75, 3.05) is 0 Å². The topological polar surface area (TPSA) is 50.2 Å². The van der Waals surface area contributed by atoms with Crippen LogP contribution in [0.3, 0.4) is 0 Å². The van der Waals surface area contributed by atoms with E-state index in [9.17, 15) is 4.79 Å². The molecule has 0 aliphatic heterocycles. The van der Waals surface area contributed by atoms with Gasteiger partial charge >= 0.3 is 5.97 Å². The van der Waals surface area contributed by atoms with Gasteiger partial charge in [-0.1, -0.05) is 23.2 Å². The second kappa shape index (κ2) is 5.93. The SMILES string of the molecule is O=C(O)c1nc(CSc2cc(Cl)ccc2Cl)cs1. The third-order valence-corrected chi connectivity index (χ3v) is 4.65. The van der Waals surface area contributed by atoms with Gasteiger partial charge in [0.25, 0.3) is 0 Å². The predicted octanol–water partition coefficient (Wildman–Crippen LogP) is 4.44. The van der Waals surface area contributed by atoms with Gasteiger partial charge in [-0.25, -0.2) is 9.78 Å². The first-order valence-electron chi connectivity index (χ1n) is 4.82. The molecular weight excluding hydrogens is 313 g/mol. The summed E-state index contributed by atoms with van der Waals surface area (Å²) in [5.41, 5.74) is 0.721. The molecular formula is C11H7Cl2NO2S2. The molecule has 1 N–H and O–H groups in total. The van der Waals surface area contributed by atoms with E-state index >= 15 is 0 Å². The number of thioether (sulfide) groups is 1. The Balaban J connectivity index is 2.06. The smallest absolute Gasteiger partial charge is 0.365 e. The number of nitrogens with zero attached hydrogens (tertiary/aromatic N) is 1. The molecule has 1 aromatic heterocycles. The summed E-state index contributed by atoms with van der Waals surface area (Å²) in [6, 6.07) is 5.23. The Morgan fingerprint density at radius 2 is 2.22 bits per heavy atom. The fourth-order valence-corrected chi connectivity index (χ4v) is 3.36. The lowest BCUT2D eigenvalue weighted by Gasteiger charge is -2.02. The third-order valence-electron chi connectivity index (χ3n) is 2.00. The number of hydrogen-bond acceptors (Lipinski definition) is 4. The van der Waals surface area contributed by atoms with Crippen molar-refractivity contribution >= 4 is 52.3 Å². The maximum absolute atomic E-state index is 10.7. The van der Waals surface area contributed by atoms with Crippen LogP contribution in [0.5, 0.6) is 0 Å². The summed E-state index contributed by atoms with van der Waals surface area (Å²) < 4.78 is 0. The van der Waals surface area contributed by atoms with Gasteiger partial charge in [-0.2, -0.15) is 0 Å². The first kappa shape index (κ1) is 13.7. The number of halogens is 2. The van der Waals surface area contributed by atoms with E-state index in [1.807, 2.05) is 0 Å². The number of thiazole rings is 1. The number of aromatic carboxylic acids is 1. The molecule has 0 bridgehead atoms. The van der Waals surface area contributed by atoms with E-state index in [0.29, 0.717) is 15.8 Å². The number of rotatable bonds is 4. The lowest BCUT2D eigenvalue weighted by atomic mass is 10.4. The highest BCUT2D eigenvalue weighted by Crippen LogP contribution is 2.32. The maximum Gasteiger partial charge on any atom is 0.365 e. The lowest BCUT2D eigenvalue weighted by Crippen LogP contribution is -1.94. The Labute approximate surface area is 122 Å². The van der Waals surface area contributed by atoms with Crippen LogP contribution in [0, 0.1) is 0 Å². The molecule has 18 heavy (non-hydrogen) atoms. The van der Waals surface area contributed by atoms with Crippen molar-refractivity contribution in [2.24, 2.45) is 0 Å². The van der Waals surface area contributed by atoms with Crippen molar-refractivity contribution < 1.29 is 9.90 Å². The molecule has 1 aromatic carbocycles. The quantitative estimate of drug-likeness (QED) is 0.846. The Morgan fingerprint density at radius 3 is 2.89 bits per heavy atom. The molecule has 2 aromatic rings. The van der Waals surface area contributed by atoms with Gasteiger partial charge in [-0.15, -0.1) is 23.1 Å². The monoisotopic (exact) mass is 319 g/mol. The fraction of sp³-hybridized carbons (Fsp3) is 0.0909. The Hall–Kier alpha value is -0.750. The van der Waals surface area contributed by atoms with Crippen LogP contribution in [0.25, 0.3) is 0 Å². The van der Waals surface area contributed by atoms with Gasteiger partial charge in [0, 0.05) is 21.1 Å². The number of carbonyl (C=O) groups is 1. The maximum atomic E-state index is 10.7. The normalized spacial score (nSPS) is 10.6. The Kier molecular flexibility index (Phi) is 4.50. The molecule has 0 aliphatic rings. The molecule has 0 saturated carbocycles. The molecule has 0 unspecified atom stereocenters. The first-order chi connectivity index (χ1) is 8.56. The van der Waals surface area contributed by atoms with Crippen LogP contribution in [0.2, 0.25) is 10.0 Å². The summed E-state index contributed by atoms with van der Waals surface area (Å²) in [5, 5.41) is 11.8. The van der Waals surface area contributed by atoms with Crippen molar-refractivity contribution in [2.45, 2.75) is 10.6 Å². The highest BCUT2D eigenvalue weighted by molar-refractivity contribution is 7.98. The average molecular weight is 320 g/mol. The van der Waals surface area contributed by atoms with Gasteiger partial charge in [0.1, 0.15) is 0 Å². The number of benzene rings is 1. The molecule has 0 fully saturated rings. The number of hydrogen-bond donors (Lipinski definition) is 1. The molecule has 0 saturated heterocycles. The van der Waals surface area contributed by atoms with Crippen LogP contribution in [0.15, 0.2) is 28.5 Å². The van der Waals surface area contributed by atoms with Crippen LogP contribution in [-0.2, 0) is 5.75 Å². The number of carboxylic acids is 1. The van der Waals surface area contributed by atoms with Crippen LogP contribution in [-0.4, -0.2) is 16.1 Å². The minimum Gasteiger partial charge on any atom is -0.476 e. The van der Waals surface area contributed by atoms with Gasteiger partial charge in [0.05, 0.1) is 10.7 Å². The van der Waals surface area contributed by atoms with Gasteiger partial charge < -0.3 is 5.11 Å². The molecule has 2 rings (SSSR count). The highest BCUT2D eigenvalue weighted by Gasteiger charge is 2.10. The van der Waals surface area contributed by atoms with Crippen molar-refractivity contribution in [1.82, 2.24) is 4.98 Å². The van der Waals surface area contributed by atoms with Crippen LogP contribution in [0.4, 0.5) is 0 Å². The van der Waals surface area contributed by atoms with Gasteiger partial charge in [-0.3, -0.25) is 0 Å². The molecule has 0 amide bonds. The van der Waals surface area contributed by atoms with Gasteiger partial charge in [0.15, 0.2) is 0 Å².